The van der Waals surface area contributed by atoms with Gasteiger partial charge in [-0.1, -0.05) is 332 Å². The largest absolute Gasteiger partial charge is 1.00 e. The molecule has 0 N–H and O–H groups in total. The minimum absolute atomic E-state index is 0. The fourth-order valence-corrected chi connectivity index (χ4v) is 15.0. The molecule has 0 unspecified atom stereocenters. The van der Waals surface area contributed by atoms with Crippen LogP contribution in [-0.2, 0) is 55.4 Å². The molecular weight excluding hydrogens is 1150 g/mol. The second kappa shape index (κ2) is 62.0. The van der Waals surface area contributed by atoms with Crippen molar-refractivity contribution in [3.8, 4) is 0 Å². The van der Waals surface area contributed by atoms with Crippen LogP contribution in [0.3, 0.4) is 0 Å². The van der Waals surface area contributed by atoms with E-state index in [9.17, 15) is 25.9 Å². The van der Waals surface area contributed by atoms with E-state index in [1.807, 2.05) is 0 Å². The zero-order valence-corrected chi connectivity index (χ0v) is 63.4. The predicted molar refractivity (Wildman–Crippen MR) is 364 cm³/mol. The fraction of sp³-hybridized carbons (Fsp3) is 0.842. The molecule has 0 amide bonds. The van der Waals surface area contributed by atoms with E-state index in [1.165, 1.54) is 333 Å². The van der Waals surface area contributed by atoms with Gasteiger partial charge in [-0.2, -0.15) is 0 Å². The van der Waals surface area contributed by atoms with Crippen LogP contribution < -0.4 is 59.1 Å². The van der Waals surface area contributed by atoms with Gasteiger partial charge in [0.15, 0.2) is 0 Å². The molecule has 0 fully saturated rings. The van der Waals surface area contributed by atoms with E-state index in [2.05, 4.69) is 12.1 Å². The van der Waals surface area contributed by atoms with E-state index in [-0.39, 0.29) is 68.9 Å². The molecule has 88 heavy (non-hydrogen) atoms. The third-order valence-corrected chi connectivity index (χ3v) is 20.7. The van der Waals surface area contributed by atoms with Gasteiger partial charge in [0, 0.05) is 26.4 Å². The number of hydrogen-bond acceptors (Lipinski definition) is 8. The average Bonchev–Trinajstić information content (AvgIpc) is 3.61. The molecule has 2 aromatic carbocycles. The van der Waals surface area contributed by atoms with E-state index in [0.29, 0.717) is 12.8 Å². The van der Waals surface area contributed by atoms with E-state index >= 15 is 0 Å². The summed E-state index contributed by atoms with van der Waals surface area (Å²) in [5.41, 5.74) is 3.77. The van der Waals surface area contributed by atoms with E-state index in [1.54, 1.807) is 12.1 Å². The van der Waals surface area contributed by atoms with E-state index < -0.39 is 20.2 Å². The first-order valence-electron chi connectivity index (χ1n) is 37.5. The minimum Gasteiger partial charge on any atom is -0.744 e. The zero-order valence-electron chi connectivity index (χ0n) is 57.8. The normalized spacial score (nSPS) is 21.0. The Balaban J connectivity index is 0.000000860. The standard InChI is InChI=1S/2C38H68O4S.2Na/c2*39-43(40,41)38-33-29-31-36-30-25-21-17-13-9-5-1-3-7-11-15-19-23-27-34-42-35-28-24-20-16-12-8-4-2-6-10-14-18-22-26-32-37(36)38;;/h2*29,31,33H,1-28,30,32,34-35H2,(H,39,40,41);;/q;;2*+1/p-2. The third kappa shape index (κ3) is 49.7. The Bertz CT molecular complexity index is 1920. The van der Waals surface area contributed by atoms with Crippen LogP contribution in [-0.4, -0.2) is 52.4 Å². The number of fused-ring (bicyclic) bond motifs is 2. The van der Waals surface area contributed by atoms with Crippen LogP contribution in [0.5, 0.6) is 0 Å². The maximum Gasteiger partial charge on any atom is 1.00 e. The molecule has 8 nitrogen and oxygen atoms in total. The summed E-state index contributed by atoms with van der Waals surface area (Å²) in [7, 11) is -8.88. The van der Waals surface area contributed by atoms with Crippen LogP contribution >= 0.6 is 0 Å². The van der Waals surface area contributed by atoms with Crippen molar-refractivity contribution in [3.63, 3.8) is 0 Å². The van der Waals surface area contributed by atoms with Crippen LogP contribution in [0.15, 0.2) is 46.2 Å². The Kier molecular flexibility index (Phi) is 60.7. The number of ether oxygens (including phenoxy) is 2. The fourth-order valence-electron chi connectivity index (χ4n) is 13.5. The van der Waals surface area contributed by atoms with Crippen molar-refractivity contribution in [2.45, 2.75) is 395 Å². The molecule has 500 valence electrons. The third-order valence-electron chi connectivity index (χ3n) is 18.9. The van der Waals surface area contributed by atoms with Gasteiger partial charge >= 0.3 is 59.1 Å². The maximum absolute atomic E-state index is 12.0. The molecule has 12 heteroatoms. The number of rotatable bonds is 2. The first-order valence-corrected chi connectivity index (χ1v) is 40.3. The van der Waals surface area contributed by atoms with Gasteiger partial charge in [0.2, 0.25) is 0 Å². The summed E-state index contributed by atoms with van der Waals surface area (Å²) in [5, 5.41) is 0. The minimum atomic E-state index is -4.44. The number of benzene rings is 2. The van der Waals surface area contributed by atoms with Gasteiger partial charge in [0.05, 0.1) is 9.79 Å². The Morgan fingerprint density at radius 3 is 0.568 bits per heavy atom. The number of hydrogen-bond donors (Lipinski definition) is 0. The van der Waals surface area contributed by atoms with Gasteiger partial charge in [-0.3, -0.25) is 0 Å². The molecule has 0 aromatic heterocycles. The molecule has 0 aliphatic carbocycles. The summed E-state index contributed by atoms with van der Waals surface area (Å²) in [6, 6.07) is 10.7. The molecule has 2 heterocycles. The molecular formula is C76H134Na2O8S2. The molecule has 0 spiro atoms. The van der Waals surface area contributed by atoms with Crippen molar-refractivity contribution >= 4 is 20.2 Å². The van der Waals surface area contributed by atoms with Crippen molar-refractivity contribution in [2.24, 2.45) is 0 Å². The van der Waals surface area contributed by atoms with E-state index in [0.717, 1.165) is 100 Å². The molecule has 4 rings (SSSR count). The molecule has 2 aromatic rings. The van der Waals surface area contributed by atoms with Gasteiger partial charge in [-0.25, -0.2) is 16.8 Å². The molecule has 2 aliphatic rings. The Morgan fingerprint density at radius 1 is 0.227 bits per heavy atom. The van der Waals surface area contributed by atoms with Crippen molar-refractivity contribution < 1.29 is 94.5 Å². The van der Waals surface area contributed by atoms with Crippen LogP contribution in [0.25, 0.3) is 0 Å². The zero-order chi connectivity index (χ0) is 61.4. The smallest absolute Gasteiger partial charge is 0.744 e. The summed E-state index contributed by atoms with van der Waals surface area (Å²) in [6.45, 7) is 3.83. The topological polar surface area (TPSA) is 133 Å². The van der Waals surface area contributed by atoms with Crippen LogP contribution in [0.2, 0.25) is 0 Å². The molecule has 0 saturated carbocycles. The average molecular weight is 1290 g/mol. The molecule has 0 atom stereocenters. The second-order valence-electron chi connectivity index (χ2n) is 26.7. The molecule has 2 aliphatic heterocycles. The van der Waals surface area contributed by atoms with Crippen molar-refractivity contribution in [1.82, 2.24) is 0 Å². The Morgan fingerprint density at radius 2 is 0.386 bits per heavy atom. The first-order chi connectivity index (χ1) is 42.2. The molecule has 0 bridgehead atoms. The molecule has 0 saturated heterocycles. The second-order valence-corrected chi connectivity index (χ2v) is 29.4. The summed E-state index contributed by atoms with van der Waals surface area (Å²) in [5.74, 6) is 0. The summed E-state index contributed by atoms with van der Waals surface area (Å²) in [4.78, 5) is 0.0514. The van der Waals surface area contributed by atoms with E-state index in [4.69, 9.17) is 9.47 Å². The van der Waals surface area contributed by atoms with Gasteiger partial charge in [-0.15, -0.1) is 0 Å². The maximum atomic E-state index is 12.0. The van der Waals surface area contributed by atoms with Crippen molar-refractivity contribution in [3.05, 3.63) is 58.7 Å². The molecule has 0 radical (unpaired) electrons. The van der Waals surface area contributed by atoms with Gasteiger partial charge in [0.1, 0.15) is 20.2 Å². The monoisotopic (exact) mass is 1280 g/mol. The van der Waals surface area contributed by atoms with Gasteiger partial charge < -0.3 is 18.6 Å². The summed E-state index contributed by atoms with van der Waals surface area (Å²) in [6.07, 6.45) is 75.6. The summed E-state index contributed by atoms with van der Waals surface area (Å²) >= 11 is 0. The van der Waals surface area contributed by atoms with Crippen LogP contribution in [0.1, 0.15) is 382 Å². The van der Waals surface area contributed by atoms with Crippen molar-refractivity contribution in [1.29, 1.82) is 0 Å². The predicted octanol–water partition coefficient (Wildman–Crippen LogP) is 17.3. The summed E-state index contributed by atoms with van der Waals surface area (Å²) < 4.78 is 83.8. The Hall–Kier alpha value is 0.180. The first kappa shape index (κ1) is 86.2. The SMILES string of the molecule is O=S(=O)([O-])c1cccc2c1CCCCCCCCCCCCCCCCOCCCCCCCCCCCCCCCC2.O=S(=O)([O-])c1cccc2c1CCCCCCCCCCCCCCCCOCCCCCCCCCCCCCCCC2.[Na+].[Na+]. The number of aryl methyl sites for hydroxylation is 2. The quantitative estimate of drug-likeness (QED) is 0.214. The van der Waals surface area contributed by atoms with Gasteiger partial charge in [-0.05, 0) is 111 Å². The van der Waals surface area contributed by atoms with Crippen LogP contribution in [0.4, 0.5) is 0 Å². The van der Waals surface area contributed by atoms with Crippen LogP contribution in [0, 0.1) is 0 Å². The van der Waals surface area contributed by atoms with Gasteiger partial charge in [0.25, 0.3) is 0 Å². The van der Waals surface area contributed by atoms with Crippen molar-refractivity contribution in [2.75, 3.05) is 26.4 Å². The Labute approximate surface area is 589 Å².